The summed E-state index contributed by atoms with van der Waals surface area (Å²) in [5.74, 6) is 2.87. The maximum Gasteiger partial charge on any atom is 0.118 e. The van der Waals surface area contributed by atoms with E-state index in [4.69, 9.17) is 31.6 Å². The van der Waals surface area contributed by atoms with Gasteiger partial charge in [0.2, 0.25) is 0 Å². The van der Waals surface area contributed by atoms with Gasteiger partial charge in [0.15, 0.2) is 0 Å². The van der Waals surface area contributed by atoms with Gasteiger partial charge >= 0.3 is 0 Å². The molecule has 6 aromatic carbocycles. The Kier molecular flexibility index (Phi) is 10.2. The lowest BCUT2D eigenvalue weighted by molar-refractivity contribution is -0.0299. The number of aliphatic hydroxyl groups is 1. The second-order valence-electron chi connectivity index (χ2n) is 12.2. The minimum Gasteiger partial charge on any atom is -0.497 e. The number of rotatable bonds is 13. The van der Waals surface area contributed by atoms with Gasteiger partial charge in [0.1, 0.15) is 28.6 Å². The molecule has 254 valence electrons. The van der Waals surface area contributed by atoms with Gasteiger partial charge in [-0.1, -0.05) is 109 Å². The molecular weight excluding hydrogens is 641 g/mol. The highest BCUT2D eigenvalue weighted by Gasteiger charge is 2.65. The summed E-state index contributed by atoms with van der Waals surface area (Å²) in [6, 6.07) is 52.3. The molecule has 6 aromatic rings. The van der Waals surface area contributed by atoms with Crippen molar-refractivity contribution in [1.29, 1.82) is 0 Å². The number of thiol groups is 1. The fraction of sp³-hybridized carbons (Fsp3) is 0.182. The van der Waals surface area contributed by atoms with Crippen molar-refractivity contribution in [3.05, 3.63) is 191 Å². The molecule has 50 heavy (non-hydrogen) atoms. The molecule has 0 heterocycles. The molecule has 6 heteroatoms. The second-order valence-corrected chi connectivity index (χ2v) is 12.5. The van der Waals surface area contributed by atoms with Crippen LogP contribution >= 0.6 is 12.6 Å². The van der Waals surface area contributed by atoms with Crippen LogP contribution in [0.3, 0.4) is 0 Å². The molecule has 0 aliphatic carbocycles. The van der Waals surface area contributed by atoms with E-state index in [-0.39, 0.29) is 5.75 Å². The van der Waals surface area contributed by atoms with Crippen LogP contribution in [0.25, 0.3) is 0 Å². The highest BCUT2D eigenvalue weighted by Crippen LogP contribution is 2.60. The molecule has 0 aromatic heterocycles. The van der Waals surface area contributed by atoms with E-state index >= 15 is 0 Å². The zero-order valence-electron chi connectivity index (χ0n) is 28.7. The summed E-state index contributed by atoms with van der Waals surface area (Å²) in [5.41, 5.74) is 0.958. The van der Waals surface area contributed by atoms with Crippen LogP contribution in [0.5, 0.6) is 23.0 Å². The third-order valence-electron chi connectivity index (χ3n) is 9.98. The molecule has 0 radical (unpaired) electrons. The van der Waals surface area contributed by atoms with Gasteiger partial charge in [0.05, 0.1) is 39.3 Å². The minimum absolute atomic E-state index is 0.0346. The van der Waals surface area contributed by atoms with Crippen LogP contribution in [0.1, 0.15) is 33.4 Å². The number of ether oxygens (including phenoxy) is 4. The summed E-state index contributed by atoms with van der Waals surface area (Å²) in [6.45, 7) is 0. The van der Waals surface area contributed by atoms with Crippen molar-refractivity contribution < 1.29 is 24.1 Å². The maximum atomic E-state index is 14.7. The third kappa shape index (κ3) is 5.59. The van der Waals surface area contributed by atoms with Crippen molar-refractivity contribution in [1.82, 2.24) is 0 Å². The van der Waals surface area contributed by atoms with Gasteiger partial charge in [-0.05, 0) is 81.9 Å². The van der Waals surface area contributed by atoms with Crippen LogP contribution in [0.4, 0.5) is 0 Å². The first-order chi connectivity index (χ1) is 24.4. The van der Waals surface area contributed by atoms with Gasteiger partial charge in [-0.25, -0.2) is 0 Å². The zero-order chi connectivity index (χ0) is 35.2. The Labute approximate surface area is 300 Å². The van der Waals surface area contributed by atoms with Crippen molar-refractivity contribution in [3.8, 4) is 23.0 Å². The molecule has 5 nitrogen and oxygen atoms in total. The van der Waals surface area contributed by atoms with E-state index in [0.29, 0.717) is 23.0 Å². The number of hydrogen-bond acceptors (Lipinski definition) is 6. The lowest BCUT2D eigenvalue weighted by Gasteiger charge is -2.58. The van der Waals surface area contributed by atoms with Crippen molar-refractivity contribution in [3.63, 3.8) is 0 Å². The van der Waals surface area contributed by atoms with E-state index in [0.717, 1.165) is 33.4 Å². The first-order valence-electron chi connectivity index (χ1n) is 16.4. The molecule has 0 saturated heterocycles. The highest BCUT2D eigenvalue weighted by atomic mass is 32.1. The monoisotopic (exact) mass is 682 g/mol. The first kappa shape index (κ1) is 34.7. The normalized spacial score (nSPS) is 11.9. The average Bonchev–Trinajstić information content (AvgIpc) is 3.20. The molecule has 0 aliphatic heterocycles. The summed E-state index contributed by atoms with van der Waals surface area (Å²) < 4.78 is 22.5. The Hall–Kier alpha value is -5.17. The van der Waals surface area contributed by atoms with Crippen molar-refractivity contribution in [2.75, 3.05) is 34.2 Å². The van der Waals surface area contributed by atoms with Crippen LogP contribution in [0, 0.1) is 0 Å². The molecule has 0 amide bonds. The Bertz CT molecular complexity index is 1720. The molecule has 0 aliphatic rings. The van der Waals surface area contributed by atoms with E-state index in [1.54, 1.807) is 28.4 Å². The fourth-order valence-corrected chi connectivity index (χ4v) is 8.17. The standard InChI is InChI=1S/C44H42O5S/c1-46-38-23-15-34(16-24-38)43(32-11-7-5-8-12-32,35-17-25-39(47-2)26-18-35)42(45,31-50)44(33-13-9-6-10-14-33,36-19-27-40(48-3)28-20-36)37-21-29-41(49-4)30-22-37/h5-30,45,50H,31H2,1-4H3. The van der Waals surface area contributed by atoms with Crippen LogP contribution in [-0.2, 0) is 10.8 Å². The van der Waals surface area contributed by atoms with Gasteiger partial charge < -0.3 is 24.1 Å². The molecule has 0 bridgehead atoms. The molecule has 1 N–H and O–H groups in total. The Morgan fingerprint density at radius 1 is 0.380 bits per heavy atom. The summed E-state index contributed by atoms with van der Waals surface area (Å²) in [5, 5.41) is 14.7. The SMILES string of the molecule is COc1ccc(C(c2ccccc2)(c2ccc(OC)cc2)C(O)(CS)C(c2ccccc2)(c2ccc(OC)cc2)c2ccc(OC)cc2)cc1. The number of methoxy groups -OCH3 is 4. The molecule has 0 spiro atoms. The van der Waals surface area contributed by atoms with Crippen LogP contribution in [-0.4, -0.2) is 44.9 Å². The Balaban J connectivity index is 1.88. The molecule has 0 atom stereocenters. The van der Waals surface area contributed by atoms with Crippen LogP contribution in [0.2, 0.25) is 0 Å². The second kappa shape index (κ2) is 14.8. The van der Waals surface area contributed by atoms with Gasteiger partial charge in [-0.2, -0.15) is 12.6 Å². The molecule has 0 unspecified atom stereocenters. The quantitative estimate of drug-likeness (QED) is 0.0943. The fourth-order valence-electron chi connectivity index (χ4n) is 7.69. The zero-order valence-corrected chi connectivity index (χ0v) is 29.6. The van der Waals surface area contributed by atoms with E-state index in [2.05, 4.69) is 24.3 Å². The lowest BCUT2D eigenvalue weighted by Crippen LogP contribution is -2.67. The predicted molar refractivity (Wildman–Crippen MR) is 203 cm³/mol. The molecule has 0 fully saturated rings. The molecular formula is C44H42O5S. The lowest BCUT2D eigenvalue weighted by atomic mass is 9.47. The van der Waals surface area contributed by atoms with E-state index in [9.17, 15) is 5.11 Å². The third-order valence-corrected chi connectivity index (χ3v) is 10.4. The summed E-state index contributed by atoms with van der Waals surface area (Å²) in [6.07, 6.45) is 0. The minimum atomic E-state index is -1.74. The summed E-state index contributed by atoms with van der Waals surface area (Å²) in [7, 11) is 6.61. The summed E-state index contributed by atoms with van der Waals surface area (Å²) in [4.78, 5) is 0. The summed E-state index contributed by atoms with van der Waals surface area (Å²) >= 11 is 5.20. The molecule has 6 rings (SSSR count). The van der Waals surface area contributed by atoms with Gasteiger partial charge in [-0.15, -0.1) is 0 Å². The largest absolute Gasteiger partial charge is 0.497 e. The Morgan fingerprint density at radius 2 is 0.600 bits per heavy atom. The Morgan fingerprint density at radius 3 is 0.800 bits per heavy atom. The number of hydrogen-bond donors (Lipinski definition) is 2. The first-order valence-corrected chi connectivity index (χ1v) is 17.1. The maximum absolute atomic E-state index is 14.7. The van der Waals surface area contributed by atoms with Gasteiger partial charge in [0.25, 0.3) is 0 Å². The van der Waals surface area contributed by atoms with E-state index in [1.807, 2.05) is 133 Å². The van der Waals surface area contributed by atoms with Crippen LogP contribution < -0.4 is 18.9 Å². The van der Waals surface area contributed by atoms with Crippen molar-refractivity contribution in [2.45, 2.75) is 16.4 Å². The molecule has 0 saturated carbocycles. The predicted octanol–water partition coefficient (Wildman–Crippen LogP) is 8.75. The van der Waals surface area contributed by atoms with Gasteiger partial charge in [0, 0.05) is 5.75 Å². The van der Waals surface area contributed by atoms with Crippen molar-refractivity contribution >= 4 is 12.6 Å². The van der Waals surface area contributed by atoms with E-state index < -0.39 is 16.4 Å². The number of benzene rings is 6. The average molecular weight is 683 g/mol. The van der Waals surface area contributed by atoms with E-state index in [1.165, 1.54) is 0 Å². The smallest absolute Gasteiger partial charge is 0.118 e. The highest BCUT2D eigenvalue weighted by molar-refractivity contribution is 7.80. The van der Waals surface area contributed by atoms with Crippen LogP contribution in [0.15, 0.2) is 158 Å². The van der Waals surface area contributed by atoms with Crippen molar-refractivity contribution in [2.24, 2.45) is 0 Å². The topological polar surface area (TPSA) is 57.2 Å². The van der Waals surface area contributed by atoms with Gasteiger partial charge in [-0.3, -0.25) is 0 Å².